The van der Waals surface area contributed by atoms with Crippen LogP contribution < -0.4 is 10.2 Å². The summed E-state index contributed by atoms with van der Waals surface area (Å²) in [6.07, 6.45) is 1.93. The Hall–Kier alpha value is -2.99. The molecule has 0 atom stereocenters. The summed E-state index contributed by atoms with van der Waals surface area (Å²) >= 11 is 0. The monoisotopic (exact) mass is 377 g/mol. The highest BCUT2D eigenvalue weighted by Gasteiger charge is 2.14. The maximum absolute atomic E-state index is 13.1. The van der Waals surface area contributed by atoms with Crippen LogP contribution >= 0.6 is 0 Å². The van der Waals surface area contributed by atoms with Crippen molar-refractivity contribution in [2.75, 3.05) is 43.4 Å². The zero-order chi connectivity index (χ0) is 19.3. The van der Waals surface area contributed by atoms with Gasteiger partial charge in [-0.3, -0.25) is 4.98 Å². The summed E-state index contributed by atoms with van der Waals surface area (Å²) in [6, 6.07) is 16.4. The molecule has 28 heavy (non-hydrogen) atoms. The third-order valence-electron chi connectivity index (χ3n) is 5.01. The molecule has 6 heteroatoms. The SMILES string of the molecule is CN1CCN(c2ccc(NCc3cccc(-c4ccc(F)cc4)n3)nc2)CC1. The van der Waals surface area contributed by atoms with Crippen molar-refractivity contribution in [2.45, 2.75) is 6.54 Å². The molecule has 1 N–H and O–H groups in total. The minimum Gasteiger partial charge on any atom is -0.368 e. The first-order chi connectivity index (χ1) is 13.7. The highest BCUT2D eigenvalue weighted by Crippen LogP contribution is 2.19. The van der Waals surface area contributed by atoms with E-state index in [1.54, 1.807) is 12.1 Å². The normalized spacial score (nSPS) is 14.9. The van der Waals surface area contributed by atoms with E-state index in [2.05, 4.69) is 38.2 Å². The van der Waals surface area contributed by atoms with Crippen LogP contribution in [-0.2, 0) is 6.54 Å². The molecule has 1 aliphatic rings. The molecule has 0 radical (unpaired) electrons. The van der Waals surface area contributed by atoms with Crippen LogP contribution in [0, 0.1) is 5.82 Å². The second-order valence-corrected chi connectivity index (χ2v) is 7.07. The molecule has 4 rings (SSSR count). The van der Waals surface area contributed by atoms with E-state index in [9.17, 15) is 4.39 Å². The minimum atomic E-state index is -0.243. The standard InChI is InChI=1S/C22H24FN5/c1-27-11-13-28(14-12-27)20-9-10-22(25-16-20)24-15-19-3-2-4-21(26-19)17-5-7-18(23)8-6-17/h2-10,16H,11-15H2,1H3,(H,24,25). The number of hydrogen-bond acceptors (Lipinski definition) is 5. The highest BCUT2D eigenvalue weighted by molar-refractivity contribution is 5.59. The summed E-state index contributed by atoms with van der Waals surface area (Å²) in [5.74, 6) is 0.583. The van der Waals surface area contributed by atoms with E-state index in [-0.39, 0.29) is 5.82 Å². The molecule has 0 amide bonds. The first kappa shape index (κ1) is 18.4. The molecule has 0 bridgehead atoms. The summed E-state index contributed by atoms with van der Waals surface area (Å²) in [5, 5.41) is 3.33. The van der Waals surface area contributed by atoms with Gasteiger partial charge in [0.2, 0.25) is 0 Å². The van der Waals surface area contributed by atoms with Crippen molar-refractivity contribution >= 4 is 11.5 Å². The lowest BCUT2D eigenvalue weighted by Gasteiger charge is -2.33. The molecule has 5 nitrogen and oxygen atoms in total. The van der Waals surface area contributed by atoms with Crippen LogP contribution in [0.25, 0.3) is 11.3 Å². The van der Waals surface area contributed by atoms with E-state index < -0.39 is 0 Å². The summed E-state index contributed by atoms with van der Waals surface area (Å²) in [5.41, 5.74) is 3.80. The lowest BCUT2D eigenvalue weighted by Crippen LogP contribution is -2.44. The number of likely N-dealkylation sites (N-methyl/N-ethyl adjacent to an activating group) is 1. The molecule has 0 unspecified atom stereocenters. The fourth-order valence-electron chi connectivity index (χ4n) is 3.28. The Morgan fingerprint density at radius 1 is 0.964 bits per heavy atom. The summed E-state index contributed by atoms with van der Waals surface area (Å²) in [6.45, 7) is 4.80. The van der Waals surface area contributed by atoms with Gasteiger partial charge in [-0.25, -0.2) is 9.37 Å². The number of nitrogens with zero attached hydrogens (tertiary/aromatic N) is 4. The van der Waals surface area contributed by atoms with Gasteiger partial charge in [0.05, 0.1) is 29.8 Å². The Balaban J connectivity index is 1.38. The van der Waals surface area contributed by atoms with Gasteiger partial charge in [-0.15, -0.1) is 0 Å². The number of benzene rings is 1. The number of rotatable bonds is 5. The van der Waals surface area contributed by atoms with Crippen molar-refractivity contribution in [3.63, 3.8) is 0 Å². The highest BCUT2D eigenvalue weighted by atomic mass is 19.1. The Labute approximate surface area is 164 Å². The van der Waals surface area contributed by atoms with E-state index in [4.69, 9.17) is 0 Å². The molecule has 2 aromatic heterocycles. The molecule has 0 spiro atoms. The lowest BCUT2D eigenvalue weighted by atomic mass is 10.1. The molecule has 1 saturated heterocycles. The molecular formula is C22H24FN5. The van der Waals surface area contributed by atoms with E-state index in [1.807, 2.05) is 30.5 Å². The van der Waals surface area contributed by atoms with Crippen LogP contribution in [0.4, 0.5) is 15.9 Å². The van der Waals surface area contributed by atoms with Crippen LogP contribution in [0.15, 0.2) is 60.8 Å². The van der Waals surface area contributed by atoms with Crippen molar-refractivity contribution in [2.24, 2.45) is 0 Å². The van der Waals surface area contributed by atoms with Gasteiger partial charge >= 0.3 is 0 Å². The van der Waals surface area contributed by atoms with Gasteiger partial charge < -0.3 is 15.1 Å². The summed E-state index contributed by atoms with van der Waals surface area (Å²) in [4.78, 5) is 13.9. The first-order valence-corrected chi connectivity index (χ1v) is 9.53. The van der Waals surface area contributed by atoms with Crippen LogP contribution in [0.2, 0.25) is 0 Å². The fourth-order valence-corrected chi connectivity index (χ4v) is 3.28. The Morgan fingerprint density at radius 3 is 2.46 bits per heavy atom. The van der Waals surface area contributed by atoms with Gasteiger partial charge in [-0.05, 0) is 55.6 Å². The molecule has 1 fully saturated rings. The van der Waals surface area contributed by atoms with E-state index in [1.165, 1.54) is 12.1 Å². The molecular weight excluding hydrogens is 353 g/mol. The number of halogens is 1. The zero-order valence-electron chi connectivity index (χ0n) is 16.0. The van der Waals surface area contributed by atoms with Crippen LogP contribution in [0.1, 0.15) is 5.69 Å². The molecule has 3 heterocycles. The Morgan fingerprint density at radius 2 is 1.75 bits per heavy atom. The number of pyridine rings is 2. The predicted molar refractivity (Wildman–Crippen MR) is 111 cm³/mol. The van der Waals surface area contributed by atoms with E-state index in [0.29, 0.717) is 6.54 Å². The van der Waals surface area contributed by atoms with E-state index >= 15 is 0 Å². The maximum atomic E-state index is 13.1. The maximum Gasteiger partial charge on any atom is 0.126 e. The molecule has 3 aromatic rings. The quantitative estimate of drug-likeness (QED) is 0.735. The van der Waals surface area contributed by atoms with Gasteiger partial charge in [0, 0.05) is 31.7 Å². The average Bonchev–Trinajstić information content (AvgIpc) is 2.74. The summed E-state index contributed by atoms with van der Waals surface area (Å²) in [7, 11) is 2.15. The first-order valence-electron chi connectivity index (χ1n) is 9.53. The summed E-state index contributed by atoms with van der Waals surface area (Å²) < 4.78 is 13.1. The van der Waals surface area contributed by atoms with E-state index in [0.717, 1.165) is 54.6 Å². The zero-order valence-corrected chi connectivity index (χ0v) is 16.0. The second-order valence-electron chi connectivity index (χ2n) is 7.07. The molecule has 1 aromatic carbocycles. The van der Waals surface area contributed by atoms with Crippen molar-refractivity contribution in [1.29, 1.82) is 0 Å². The molecule has 0 aliphatic carbocycles. The molecule has 144 valence electrons. The minimum absolute atomic E-state index is 0.243. The van der Waals surface area contributed by atoms with Crippen LogP contribution in [-0.4, -0.2) is 48.1 Å². The van der Waals surface area contributed by atoms with Gasteiger partial charge in [0.25, 0.3) is 0 Å². The predicted octanol–water partition coefficient (Wildman–Crippen LogP) is 3.65. The lowest BCUT2D eigenvalue weighted by molar-refractivity contribution is 0.313. The Bertz CT molecular complexity index is 903. The van der Waals surface area contributed by atoms with Crippen LogP contribution in [0.5, 0.6) is 0 Å². The van der Waals surface area contributed by atoms with Crippen molar-refractivity contribution in [3.8, 4) is 11.3 Å². The second kappa shape index (κ2) is 8.35. The van der Waals surface area contributed by atoms with Crippen molar-refractivity contribution in [1.82, 2.24) is 14.9 Å². The third kappa shape index (κ3) is 4.46. The molecule has 0 saturated carbocycles. The Kier molecular flexibility index (Phi) is 5.48. The fraction of sp³-hybridized carbons (Fsp3) is 0.273. The number of nitrogens with one attached hydrogen (secondary N) is 1. The van der Waals surface area contributed by atoms with Gasteiger partial charge in [-0.1, -0.05) is 6.07 Å². The largest absolute Gasteiger partial charge is 0.368 e. The van der Waals surface area contributed by atoms with Crippen molar-refractivity contribution in [3.05, 3.63) is 72.3 Å². The van der Waals surface area contributed by atoms with Gasteiger partial charge in [-0.2, -0.15) is 0 Å². The van der Waals surface area contributed by atoms with Gasteiger partial charge in [0.15, 0.2) is 0 Å². The number of aromatic nitrogens is 2. The number of hydrogen-bond donors (Lipinski definition) is 1. The molecule has 1 aliphatic heterocycles. The third-order valence-corrected chi connectivity index (χ3v) is 5.01. The number of anilines is 2. The number of piperazine rings is 1. The topological polar surface area (TPSA) is 44.3 Å². The average molecular weight is 377 g/mol. The van der Waals surface area contributed by atoms with Crippen LogP contribution in [0.3, 0.4) is 0 Å². The van der Waals surface area contributed by atoms with Crippen molar-refractivity contribution < 1.29 is 4.39 Å². The smallest absolute Gasteiger partial charge is 0.126 e. The van der Waals surface area contributed by atoms with Gasteiger partial charge in [0.1, 0.15) is 11.6 Å².